The number of nitrogens with zero attached hydrogens (tertiary/aromatic N) is 3. The number of benzene rings is 7. The number of aromatic nitrogens is 2. The van der Waals surface area contributed by atoms with Crippen molar-refractivity contribution in [2.24, 2.45) is 0 Å². The molecule has 3 heterocycles. The topological polar surface area (TPSA) is 29.0 Å². The van der Waals surface area contributed by atoms with Crippen molar-refractivity contribution in [1.29, 1.82) is 0 Å². The number of fused-ring (bicyclic) bond motifs is 9. The van der Waals surface area contributed by atoms with Crippen LogP contribution in [0.4, 0.5) is 17.3 Å². The van der Waals surface area contributed by atoms with Crippen LogP contribution in [0.25, 0.3) is 64.6 Å². The molecule has 0 unspecified atom stereocenters. The highest BCUT2D eigenvalue weighted by Gasteiger charge is 2.41. The first kappa shape index (κ1) is 29.8. The summed E-state index contributed by atoms with van der Waals surface area (Å²) in [5, 5.41) is 5.13. The number of thiophene rings is 1. The van der Waals surface area contributed by atoms with E-state index in [0.29, 0.717) is 5.95 Å². The number of para-hydroxylation sites is 1. The second kappa shape index (κ2) is 11.5. The molecule has 0 aliphatic carbocycles. The number of hydrogen-bond acceptors (Lipinski definition) is 4. The molecule has 242 valence electrons. The van der Waals surface area contributed by atoms with Gasteiger partial charge in [0, 0.05) is 32.0 Å². The average Bonchev–Trinajstić information content (AvgIpc) is 3.59. The molecule has 7 aromatic carbocycles. The summed E-state index contributed by atoms with van der Waals surface area (Å²) in [6, 6.07) is 58.4. The van der Waals surface area contributed by atoms with Crippen molar-refractivity contribution in [3.05, 3.63) is 175 Å². The van der Waals surface area contributed by atoms with Crippen LogP contribution >= 0.6 is 11.3 Å². The van der Waals surface area contributed by atoms with Crippen molar-refractivity contribution < 1.29 is 0 Å². The predicted molar refractivity (Wildman–Crippen MR) is 216 cm³/mol. The number of hydrogen-bond donors (Lipinski definition) is 0. The Labute approximate surface area is 301 Å². The lowest BCUT2D eigenvalue weighted by molar-refractivity contribution is 0.638. The highest BCUT2D eigenvalue weighted by Crippen LogP contribution is 2.58. The van der Waals surface area contributed by atoms with Gasteiger partial charge < -0.3 is 0 Å². The molecule has 0 saturated carbocycles. The number of rotatable bonds is 4. The second-order valence-corrected chi connectivity index (χ2v) is 14.8. The molecular formula is C47H33N3S. The standard InChI is InChI=1S/C47H33N3S/c1-47(2)37-22-12-13-23-40(37)50(44-43(47)35-20-10-9-19-34(35)42-36-21-11-14-24-41(36)51-45(42)44)46-48-38(32-17-7-4-8-18-32)29-39(49-46)33-27-25-31(26-28-33)30-15-5-3-6-16-30/h3-29H,1-2H3. The molecule has 9 aromatic rings. The Morgan fingerprint density at radius 2 is 1.04 bits per heavy atom. The Bertz CT molecular complexity index is 2770. The molecule has 3 nitrogen and oxygen atoms in total. The maximum absolute atomic E-state index is 5.46. The molecule has 0 atom stereocenters. The summed E-state index contributed by atoms with van der Waals surface area (Å²) in [6.07, 6.45) is 0. The Hall–Kier alpha value is -6.10. The van der Waals surface area contributed by atoms with Gasteiger partial charge in [0.05, 0.1) is 27.5 Å². The lowest BCUT2D eigenvalue weighted by Gasteiger charge is -2.42. The Balaban J connectivity index is 1.29. The quantitative estimate of drug-likeness (QED) is 0.186. The summed E-state index contributed by atoms with van der Waals surface area (Å²) in [5.74, 6) is 0.664. The molecular weight excluding hydrogens is 639 g/mol. The minimum atomic E-state index is -0.278. The van der Waals surface area contributed by atoms with Crippen molar-refractivity contribution in [1.82, 2.24) is 9.97 Å². The van der Waals surface area contributed by atoms with E-state index in [0.717, 1.165) is 28.2 Å². The molecule has 2 aromatic heterocycles. The van der Waals surface area contributed by atoms with Crippen LogP contribution in [0.1, 0.15) is 25.0 Å². The molecule has 0 fully saturated rings. The van der Waals surface area contributed by atoms with Gasteiger partial charge in [-0.1, -0.05) is 159 Å². The number of anilines is 3. The molecule has 0 saturated heterocycles. The van der Waals surface area contributed by atoms with Crippen LogP contribution in [0.15, 0.2) is 164 Å². The van der Waals surface area contributed by atoms with Crippen LogP contribution < -0.4 is 4.90 Å². The molecule has 0 N–H and O–H groups in total. The molecule has 51 heavy (non-hydrogen) atoms. The summed E-state index contributed by atoms with van der Waals surface area (Å²) in [5.41, 5.74) is 10.8. The van der Waals surface area contributed by atoms with Crippen LogP contribution in [-0.4, -0.2) is 9.97 Å². The SMILES string of the molecule is CC1(C)c2ccccc2N(c2nc(-c3ccccc3)cc(-c3ccc(-c4ccccc4)cc3)n2)c2c1c1ccccc1c1c2sc2ccccc21. The van der Waals surface area contributed by atoms with E-state index < -0.39 is 0 Å². The molecule has 10 rings (SSSR count). The van der Waals surface area contributed by atoms with E-state index in [1.54, 1.807) is 0 Å². The maximum Gasteiger partial charge on any atom is 0.235 e. The lowest BCUT2D eigenvalue weighted by atomic mass is 9.71. The predicted octanol–water partition coefficient (Wildman–Crippen LogP) is 13.1. The van der Waals surface area contributed by atoms with Gasteiger partial charge in [0.15, 0.2) is 0 Å². The monoisotopic (exact) mass is 671 g/mol. The summed E-state index contributed by atoms with van der Waals surface area (Å²) in [6.45, 7) is 4.74. The van der Waals surface area contributed by atoms with Gasteiger partial charge >= 0.3 is 0 Å². The first-order valence-electron chi connectivity index (χ1n) is 17.4. The van der Waals surface area contributed by atoms with Gasteiger partial charge in [-0.25, -0.2) is 9.97 Å². The molecule has 1 aliphatic rings. The average molecular weight is 672 g/mol. The van der Waals surface area contributed by atoms with Crippen LogP contribution in [0.3, 0.4) is 0 Å². The highest BCUT2D eigenvalue weighted by atomic mass is 32.1. The third-order valence-electron chi connectivity index (χ3n) is 10.5. The molecule has 0 amide bonds. The van der Waals surface area contributed by atoms with Gasteiger partial charge in [-0.05, 0) is 51.2 Å². The van der Waals surface area contributed by atoms with Gasteiger partial charge in [0.25, 0.3) is 0 Å². The smallest absolute Gasteiger partial charge is 0.235 e. The third kappa shape index (κ3) is 4.64. The second-order valence-electron chi connectivity index (χ2n) is 13.8. The summed E-state index contributed by atoms with van der Waals surface area (Å²) < 4.78 is 2.54. The van der Waals surface area contributed by atoms with Crippen molar-refractivity contribution in [2.75, 3.05) is 4.90 Å². The van der Waals surface area contributed by atoms with Gasteiger partial charge in [-0.15, -0.1) is 11.3 Å². The van der Waals surface area contributed by atoms with Gasteiger partial charge in [-0.3, -0.25) is 4.90 Å². The summed E-state index contributed by atoms with van der Waals surface area (Å²) in [4.78, 5) is 13.2. The van der Waals surface area contributed by atoms with Crippen LogP contribution in [0.5, 0.6) is 0 Å². The van der Waals surface area contributed by atoms with E-state index >= 15 is 0 Å². The first-order valence-corrected chi connectivity index (χ1v) is 18.2. The van der Waals surface area contributed by atoms with Crippen LogP contribution in [0, 0.1) is 0 Å². The fourth-order valence-corrected chi connectivity index (χ4v) is 9.31. The zero-order chi connectivity index (χ0) is 34.1. The Kier molecular flexibility index (Phi) is 6.70. The van der Waals surface area contributed by atoms with E-state index in [1.807, 2.05) is 11.3 Å². The van der Waals surface area contributed by atoms with E-state index in [-0.39, 0.29) is 5.41 Å². The van der Waals surface area contributed by atoms with Crippen molar-refractivity contribution in [3.8, 4) is 33.6 Å². The normalized spacial score (nSPS) is 13.4. The van der Waals surface area contributed by atoms with Crippen molar-refractivity contribution in [3.63, 3.8) is 0 Å². The fourth-order valence-electron chi connectivity index (χ4n) is 8.05. The minimum absolute atomic E-state index is 0.278. The Morgan fingerprint density at radius 3 is 1.76 bits per heavy atom. The van der Waals surface area contributed by atoms with Gasteiger partial charge in [0.2, 0.25) is 5.95 Å². The zero-order valence-electron chi connectivity index (χ0n) is 28.3. The highest BCUT2D eigenvalue weighted by molar-refractivity contribution is 7.26. The van der Waals surface area contributed by atoms with Crippen LogP contribution in [-0.2, 0) is 5.41 Å². The van der Waals surface area contributed by atoms with E-state index in [2.05, 4.69) is 183 Å². The largest absolute Gasteiger partial charge is 0.277 e. The Morgan fingerprint density at radius 1 is 0.510 bits per heavy atom. The van der Waals surface area contributed by atoms with Crippen molar-refractivity contribution in [2.45, 2.75) is 19.3 Å². The molecule has 1 aliphatic heterocycles. The summed E-state index contributed by atoms with van der Waals surface area (Å²) >= 11 is 1.87. The van der Waals surface area contributed by atoms with Gasteiger partial charge in [0.1, 0.15) is 0 Å². The zero-order valence-corrected chi connectivity index (χ0v) is 29.2. The van der Waals surface area contributed by atoms with E-state index in [1.165, 1.54) is 58.9 Å². The fraction of sp³-hybridized carbons (Fsp3) is 0.0638. The minimum Gasteiger partial charge on any atom is -0.277 e. The van der Waals surface area contributed by atoms with Crippen molar-refractivity contribution >= 4 is 59.6 Å². The van der Waals surface area contributed by atoms with Crippen LogP contribution in [0.2, 0.25) is 0 Å². The molecule has 0 spiro atoms. The lowest BCUT2D eigenvalue weighted by Crippen LogP contribution is -2.32. The molecule has 0 radical (unpaired) electrons. The van der Waals surface area contributed by atoms with E-state index in [4.69, 9.17) is 9.97 Å². The van der Waals surface area contributed by atoms with Gasteiger partial charge in [-0.2, -0.15) is 0 Å². The third-order valence-corrected chi connectivity index (χ3v) is 11.6. The first-order chi connectivity index (χ1) is 25.1. The van der Waals surface area contributed by atoms with E-state index in [9.17, 15) is 0 Å². The molecule has 0 bridgehead atoms. The maximum atomic E-state index is 5.46. The molecule has 4 heteroatoms. The summed E-state index contributed by atoms with van der Waals surface area (Å²) in [7, 11) is 0.